The Balaban J connectivity index is 1.68. The van der Waals surface area contributed by atoms with Crippen molar-refractivity contribution in [3.63, 3.8) is 0 Å². The van der Waals surface area contributed by atoms with Crippen LogP contribution in [0.25, 0.3) is 0 Å². The maximum absolute atomic E-state index is 12.8. The third-order valence-electron chi connectivity index (χ3n) is 4.40. The van der Waals surface area contributed by atoms with Crippen LogP contribution in [0.2, 0.25) is 0 Å². The molecule has 0 N–H and O–H groups in total. The number of hydrogen-bond acceptors (Lipinski definition) is 5. The molecular formula is C18H24N4O2S. The molecule has 1 aromatic heterocycles. The molecule has 1 aliphatic rings. The molecule has 0 radical (unpaired) electrons. The zero-order valence-electron chi connectivity index (χ0n) is 14.7. The molecule has 1 aliphatic heterocycles. The van der Waals surface area contributed by atoms with Crippen LogP contribution < -0.4 is 4.90 Å². The van der Waals surface area contributed by atoms with Crippen LogP contribution in [-0.2, 0) is 16.4 Å². The Labute approximate surface area is 149 Å². The Morgan fingerprint density at radius 1 is 1.04 bits per heavy atom. The number of hydrogen-bond donors (Lipinski definition) is 0. The van der Waals surface area contributed by atoms with E-state index in [0.29, 0.717) is 31.1 Å². The Hall–Kier alpha value is -1.99. The first kappa shape index (κ1) is 17.8. The Bertz CT molecular complexity index is 813. The van der Waals surface area contributed by atoms with Gasteiger partial charge in [-0.2, -0.15) is 4.31 Å². The zero-order chi connectivity index (χ0) is 17.9. The summed E-state index contributed by atoms with van der Waals surface area (Å²) in [7, 11) is -3.44. The van der Waals surface area contributed by atoms with Gasteiger partial charge in [-0.25, -0.2) is 13.4 Å². The summed E-state index contributed by atoms with van der Waals surface area (Å²) in [6.45, 7) is 6.15. The van der Waals surface area contributed by atoms with Crippen molar-refractivity contribution in [2.75, 3.05) is 31.1 Å². The second-order valence-electron chi connectivity index (χ2n) is 6.30. The lowest BCUT2D eigenvalue weighted by molar-refractivity contribution is 0.383. The zero-order valence-corrected chi connectivity index (χ0v) is 15.5. The summed E-state index contributed by atoms with van der Waals surface area (Å²) in [6.07, 6.45) is 5.46. The second kappa shape index (κ2) is 7.49. The number of nitrogens with zero attached hydrogens (tertiary/aromatic N) is 4. The molecular weight excluding hydrogens is 336 g/mol. The van der Waals surface area contributed by atoms with Gasteiger partial charge in [0, 0.05) is 32.4 Å². The first-order valence-electron chi connectivity index (χ1n) is 8.63. The van der Waals surface area contributed by atoms with Gasteiger partial charge in [-0.05, 0) is 31.0 Å². The van der Waals surface area contributed by atoms with Gasteiger partial charge in [0.25, 0.3) is 0 Å². The van der Waals surface area contributed by atoms with Crippen LogP contribution in [-0.4, -0.2) is 48.9 Å². The average molecular weight is 360 g/mol. The fraction of sp³-hybridized carbons (Fsp3) is 0.444. The Kier molecular flexibility index (Phi) is 5.34. The minimum absolute atomic E-state index is 0.371. The molecule has 1 fully saturated rings. The van der Waals surface area contributed by atoms with Gasteiger partial charge < -0.3 is 4.90 Å². The summed E-state index contributed by atoms with van der Waals surface area (Å²) in [5.41, 5.74) is 2.03. The largest absolute Gasteiger partial charge is 0.353 e. The predicted molar refractivity (Wildman–Crippen MR) is 98.2 cm³/mol. The highest BCUT2D eigenvalue weighted by Gasteiger charge is 2.28. The van der Waals surface area contributed by atoms with Crippen LogP contribution in [0.15, 0.2) is 41.6 Å². The molecule has 2 aromatic rings. The second-order valence-corrected chi connectivity index (χ2v) is 8.24. The van der Waals surface area contributed by atoms with Gasteiger partial charge in [0.15, 0.2) is 0 Å². The summed E-state index contributed by atoms with van der Waals surface area (Å²) in [4.78, 5) is 11.1. The van der Waals surface area contributed by atoms with Crippen molar-refractivity contribution in [1.29, 1.82) is 0 Å². The molecule has 2 heterocycles. The van der Waals surface area contributed by atoms with Crippen molar-refractivity contribution in [2.24, 2.45) is 0 Å². The standard InChI is InChI=1S/C18H24N4O2S/c1-3-4-16-5-7-17(8-6-16)25(23,24)22-11-9-21(10-12-22)18-14-19-13-15(2)20-18/h5-8,13-14H,3-4,9-12H2,1-2H3. The molecule has 0 atom stereocenters. The fourth-order valence-electron chi connectivity index (χ4n) is 3.03. The lowest BCUT2D eigenvalue weighted by atomic mass is 10.1. The van der Waals surface area contributed by atoms with Crippen LogP contribution >= 0.6 is 0 Å². The number of aromatic nitrogens is 2. The first-order chi connectivity index (χ1) is 12.0. The van der Waals surface area contributed by atoms with Crippen molar-refractivity contribution in [1.82, 2.24) is 14.3 Å². The number of rotatable bonds is 5. The van der Waals surface area contributed by atoms with Gasteiger partial charge in [0.1, 0.15) is 5.82 Å². The number of benzene rings is 1. The van der Waals surface area contributed by atoms with Crippen LogP contribution in [0.3, 0.4) is 0 Å². The highest BCUT2D eigenvalue weighted by Crippen LogP contribution is 2.20. The summed E-state index contributed by atoms with van der Waals surface area (Å²) < 4.78 is 27.2. The van der Waals surface area contributed by atoms with E-state index in [9.17, 15) is 8.42 Å². The lowest BCUT2D eigenvalue weighted by Gasteiger charge is -2.34. The molecule has 1 aromatic carbocycles. The molecule has 134 valence electrons. The molecule has 25 heavy (non-hydrogen) atoms. The number of piperazine rings is 1. The van der Waals surface area contributed by atoms with Crippen molar-refractivity contribution >= 4 is 15.8 Å². The van der Waals surface area contributed by atoms with Crippen molar-refractivity contribution in [3.05, 3.63) is 47.9 Å². The van der Waals surface area contributed by atoms with Gasteiger partial charge in [-0.15, -0.1) is 0 Å². The third kappa shape index (κ3) is 3.99. The SMILES string of the molecule is CCCc1ccc(S(=O)(=O)N2CCN(c3cncc(C)n3)CC2)cc1. The van der Waals surface area contributed by atoms with Crippen molar-refractivity contribution in [2.45, 2.75) is 31.6 Å². The minimum Gasteiger partial charge on any atom is -0.353 e. The predicted octanol–water partition coefficient (Wildman–Crippen LogP) is 2.25. The van der Waals surface area contributed by atoms with E-state index in [1.807, 2.05) is 19.1 Å². The summed E-state index contributed by atoms with van der Waals surface area (Å²) in [5.74, 6) is 0.806. The van der Waals surface area contributed by atoms with Gasteiger partial charge in [-0.1, -0.05) is 25.5 Å². The van der Waals surface area contributed by atoms with Gasteiger partial charge in [0.2, 0.25) is 10.0 Å². The number of sulfonamides is 1. The van der Waals surface area contributed by atoms with Crippen molar-refractivity contribution < 1.29 is 8.42 Å². The van der Waals surface area contributed by atoms with Crippen molar-refractivity contribution in [3.8, 4) is 0 Å². The molecule has 0 bridgehead atoms. The van der Waals surface area contributed by atoms with Crippen LogP contribution in [0.5, 0.6) is 0 Å². The van der Waals surface area contributed by atoms with E-state index in [1.165, 1.54) is 5.56 Å². The molecule has 0 unspecified atom stereocenters. The molecule has 0 amide bonds. The average Bonchev–Trinajstić information content (AvgIpc) is 2.63. The van der Waals surface area contributed by atoms with Crippen LogP contribution in [0, 0.1) is 6.92 Å². The van der Waals surface area contributed by atoms with Crippen LogP contribution in [0.1, 0.15) is 24.6 Å². The monoisotopic (exact) mass is 360 g/mol. The van der Waals surface area contributed by atoms with E-state index < -0.39 is 10.0 Å². The van der Waals surface area contributed by atoms with E-state index in [0.717, 1.165) is 24.4 Å². The minimum atomic E-state index is -3.44. The quantitative estimate of drug-likeness (QED) is 0.818. The molecule has 0 spiro atoms. The molecule has 7 heteroatoms. The van der Waals surface area contributed by atoms with Gasteiger partial charge in [0.05, 0.1) is 16.8 Å². The van der Waals surface area contributed by atoms with Gasteiger partial charge >= 0.3 is 0 Å². The number of aryl methyl sites for hydroxylation is 2. The molecule has 1 saturated heterocycles. The van der Waals surface area contributed by atoms with Crippen LogP contribution in [0.4, 0.5) is 5.82 Å². The highest BCUT2D eigenvalue weighted by atomic mass is 32.2. The molecule has 3 rings (SSSR count). The summed E-state index contributed by atoms with van der Waals surface area (Å²) in [5, 5.41) is 0. The van der Waals surface area contributed by atoms with E-state index in [1.54, 1.807) is 28.8 Å². The van der Waals surface area contributed by atoms with E-state index in [-0.39, 0.29) is 0 Å². The summed E-state index contributed by atoms with van der Waals surface area (Å²) in [6, 6.07) is 7.27. The van der Waals surface area contributed by atoms with E-state index >= 15 is 0 Å². The smallest absolute Gasteiger partial charge is 0.243 e. The topological polar surface area (TPSA) is 66.4 Å². The van der Waals surface area contributed by atoms with Gasteiger partial charge in [-0.3, -0.25) is 4.98 Å². The van der Waals surface area contributed by atoms with E-state index in [4.69, 9.17) is 0 Å². The third-order valence-corrected chi connectivity index (χ3v) is 6.32. The maximum atomic E-state index is 12.8. The normalized spacial score (nSPS) is 16.2. The number of anilines is 1. The summed E-state index contributed by atoms with van der Waals surface area (Å²) >= 11 is 0. The molecule has 6 nitrogen and oxygen atoms in total. The lowest BCUT2D eigenvalue weighted by Crippen LogP contribution is -2.49. The molecule has 0 saturated carbocycles. The maximum Gasteiger partial charge on any atom is 0.243 e. The Morgan fingerprint density at radius 2 is 1.72 bits per heavy atom. The fourth-order valence-corrected chi connectivity index (χ4v) is 4.45. The first-order valence-corrected chi connectivity index (χ1v) is 10.1. The highest BCUT2D eigenvalue weighted by molar-refractivity contribution is 7.89. The Morgan fingerprint density at radius 3 is 2.32 bits per heavy atom. The van der Waals surface area contributed by atoms with E-state index in [2.05, 4.69) is 21.8 Å². The molecule has 0 aliphatic carbocycles.